The third kappa shape index (κ3) is 3.44. The van der Waals surface area contributed by atoms with Crippen molar-refractivity contribution in [2.75, 3.05) is 5.32 Å². The Morgan fingerprint density at radius 2 is 2.00 bits per heavy atom. The molecule has 1 aliphatic rings. The normalized spacial score (nSPS) is 15.2. The van der Waals surface area contributed by atoms with Crippen LogP contribution in [0.1, 0.15) is 32.3 Å². The lowest BCUT2D eigenvalue weighted by Gasteiger charge is -2.19. The average Bonchev–Trinajstić information content (AvgIpc) is 3.14. The van der Waals surface area contributed by atoms with Gasteiger partial charge < -0.3 is 15.0 Å². The maximum atomic E-state index is 13.3. The Hall–Kier alpha value is -2.65. The van der Waals surface area contributed by atoms with Gasteiger partial charge in [-0.25, -0.2) is 0 Å². The molecule has 0 amide bonds. The Morgan fingerprint density at radius 3 is 2.76 bits per heavy atom. The molecular weight excluding hydrogens is 410 g/mol. The topological polar surface area (TPSA) is 101 Å². The Labute approximate surface area is 172 Å². The number of sulfonamides is 1. The summed E-state index contributed by atoms with van der Waals surface area (Å²) >= 11 is 1.30. The molecule has 4 rings (SSSR count). The predicted octanol–water partition coefficient (Wildman–Crippen LogP) is 3.77. The number of nitrogens with zero attached hydrogens (tertiary/aromatic N) is 2. The van der Waals surface area contributed by atoms with E-state index in [4.69, 9.17) is 0 Å². The van der Waals surface area contributed by atoms with Gasteiger partial charge in [0, 0.05) is 6.54 Å². The van der Waals surface area contributed by atoms with Crippen molar-refractivity contribution in [1.29, 1.82) is 0 Å². The number of aromatic nitrogens is 1. The Morgan fingerprint density at radius 1 is 1.24 bits per heavy atom. The zero-order valence-corrected chi connectivity index (χ0v) is 17.7. The third-order valence-electron chi connectivity index (χ3n) is 4.88. The lowest BCUT2D eigenvalue weighted by Crippen LogP contribution is -2.32. The number of pyridine rings is 1. The number of aromatic hydroxyl groups is 1. The summed E-state index contributed by atoms with van der Waals surface area (Å²) in [6.07, 6.45) is 1.75. The van der Waals surface area contributed by atoms with E-state index in [0.29, 0.717) is 28.4 Å². The maximum Gasteiger partial charge on any atom is 0.286 e. The summed E-state index contributed by atoms with van der Waals surface area (Å²) in [5.41, 5.74) is 0.388. The van der Waals surface area contributed by atoms with Crippen LogP contribution in [0.15, 0.2) is 49.8 Å². The van der Waals surface area contributed by atoms with Crippen LogP contribution in [-0.2, 0) is 16.6 Å². The van der Waals surface area contributed by atoms with Gasteiger partial charge in [0.1, 0.15) is 10.5 Å². The van der Waals surface area contributed by atoms with Crippen LogP contribution in [0.2, 0.25) is 0 Å². The van der Waals surface area contributed by atoms with Crippen molar-refractivity contribution in [1.82, 2.24) is 4.57 Å². The van der Waals surface area contributed by atoms with Gasteiger partial charge in [0.15, 0.2) is 11.6 Å². The van der Waals surface area contributed by atoms with E-state index >= 15 is 0 Å². The summed E-state index contributed by atoms with van der Waals surface area (Å²) in [4.78, 5) is 13.3. The smallest absolute Gasteiger partial charge is 0.286 e. The minimum atomic E-state index is -3.98. The fraction of sp³-hybridized carbons (Fsp3) is 0.300. The first-order chi connectivity index (χ1) is 13.8. The molecule has 9 heteroatoms. The number of hydrogen-bond acceptors (Lipinski definition) is 6. The molecule has 152 valence electrons. The average molecular weight is 432 g/mol. The van der Waals surface area contributed by atoms with Gasteiger partial charge in [-0.15, -0.1) is 15.7 Å². The lowest BCUT2D eigenvalue weighted by atomic mass is 10.1. The molecular formula is C20H21N3O4S2. The van der Waals surface area contributed by atoms with Gasteiger partial charge >= 0.3 is 0 Å². The molecule has 0 atom stereocenters. The molecule has 0 fully saturated rings. The van der Waals surface area contributed by atoms with Gasteiger partial charge in [-0.05, 0) is 42.3 Å². The summed E-state index contributed by atoms with van der Waals surface area (Å²) in [6, 6.07) is 8.14. The van der Waals surface area contributed by atoms with E-state index in [1.807, 2.05) is 0 Å². The highest BCUT2D eigenvalue weighted by Crippen LogP contribution is 2.34. The molecule has 0 aliphatic carbocycles. The fourth-order valence-corrected chi connectivity index (χ4v) is 5.44. The number of nitrogens with one attached hydrogen (secondary N) is 1. The van der Waals surface area contributed by atoms with Crippen molar-refractivity contribution in [3.05, 3.63) is 51.6 Å². The van der Waals surface area contributed by atoms with Crippen LogP contribution in [0.4, 0.5) is 5.69 Å². The van der Waals surface area contributed by atoms with E-state index < -0.39 is 15.6 Å². The number of para-hydroxylation sites is 1. The first-order valence-electron chi connectivity index (χ1n) is 9.34. The standard InChI is InChI=1S/C20H21N3O4S2/c1-12(2)6-5-10-23-14-9-11-28-18(14)17(24)16(20(23)25)19-21-13-7-3-4-8-15(13)29(26,27)22-19/h3-4,7-9,11-12,24H,5-6,10H2,1-2H3,(H,21,22). The van der Waals surface area contributed by atoms with Crippen molar-refractivity contribution in [3.63, 3.8) is 0 Å². The van der Waals surface area contributed by atoms with Crippen LogP contribution in [-0.4, -0.2) is 23.9 Å². The number of thiophene rings is 1. The van der Waals surface area contributed by atoms with E-state index in [0.717, 1.165) is 12.8 Å². The second-order valence-corrected chi connectivity index (χ2v) is 9.88. The van der Waals surface area contributed by atoms with E-state index in [-0.39, 0.29) is 22.0 Å². The molecule has 7 nitrogen and oxygen atoms in total. The van der Waals surface area contributed by atoms with Crippen LogP contribution in [0, 0.1) is 5.92 Å². The quantitative estimate of drug-likeness (QED) is 0.640. The number of rotatable bonds is 5. The highest BCUT2D eigenvalue weighted by molar-refractivity contribution is 7.90. The zero-order chi connectivity index (χ0) is 20.8. The van der Waals surface area contributed by atoms with Crippen molar-refractivity contribution in [3.8, 4) is 5.75 Å². The minimum Gasteiger partial charge on any atom is -0.505 e. The first-order valence-corrected chi connectivity index (χ1v) is 11.7. The SMILES string of the molecule is CC(C)CCCn1c(=O)c(C2=NS(=O)(=O)c3ccccc3N2)c(O)c2sccc21. The zero-order valence-electron chi connectivity index (χ0n) is 16.0. The number of amidine groups is 1. The van der Waals surface area contributed by atoms with Crippen LogP contribution < -0.4 is 10.9 Å². The predicted molar refractivity (Wildman–Crippen MR) is 116 cm³/mol. The molecule has 3 heterocycles. The Kier molecular flexibility index (Phi) is 4.95. The van der Waals surface area contributed by atoms with Gasteiger partial charge in [-0.2, -0.15) is 8.42 Å². The number of benzene rings is 1. The molecule has 3 aromatic rings. The summed E-state index contributed by atoms with van der Waals surface area (Å²) in [7, 11) is -3.98. The number of hydrogen-bond donors (Lipinski definition) is 2. The molecule has 1 aromatic carbocycles. The van der Waals surface area contributed by atoms with Gasteiger partial charge in [0.05, 0.1) is 15.9 Å². The molecule has 0 bridgehead atoms. The van der Waals surface area contributed by atoms with E-state index in [1.165, 1.54) is 17.4 Å². The summed E-state index contributed by atoms with van der Waals surface area (Å²) in [6.45, 7) is 4.72. The van der Waals surface area contributed by atoms with Gasteiger partial charge in [0.25, 0.3) is 15.6 Å². The van der Waals surface area contributed by atoms with E-state index in [1.54, 1.807) is 34.2 Å². The molecule has 0 saturated heterocycles. The maximum absolute atomic E-state index is 13.3. The van der Waals surface area contributed by atoms with Gasteiger partial charge in [-0.1, -0.05) is 26.0 Å². The van der Waals surface area contributed by atoms with Gasteiger partial charge in [-0.3, -0.25) is 4.79 Å². The monoisotopic (exact) mass is 431 g/mol. The third-order valence-corrected chi connectivity index (χ3v) is 7.12. The number of fused-ring (bicyclic) bond motifs is 2. The molecule has 0 spiro atoms. The molecule has 1 aliphatic heterocycles. The molecule has 0 unspecified atom stereocenters. The van der Waals surface area contributed by atoms with Crippen molar-refractivity contribution in [2.24, 2.45) is 10.3 Å². The summed E-state index contributed by atoms with van der Waals surface area (Å²) < 4.78 is 31.1. The Balaban J connectivity index is 1.89. The van der Waals surface area contributed by atoms with Gasteiger partial charge in [0.2, 0.25) is 0 Å². The Bertz CT molecular complexity index is 1290. The summed E-state index contributed by atoms with van der Waals surface area (Å²) in [5, 5.41) is 15.5. The molecule has 2 N–H and O–H groups in total. The second-order valence-electron chi connectivity index (χ2n) is 7.39. The minimum absolute atomic E-state index is 0.0395. The van der Waals surface area contributed by atoms with Crippen LogP contribution in [0.25, 0.3) is 10.2 Å². The first kappa shape index (κ1) is 19.7. The molecule has 0 saturated carbocycles. The van der Waals surface area contributed by atoms with Crippen LogP contribution in [0.5, 0.6) is 5.75 Å². The van der Waals surface area contributed by atoms with Crippen molar-refractivity contribution in [2.45, 2.75) is 38.1 Å². The fourth-order valence-electron chi connectivity index (χ4n) is 3.47. The van der Waals surface area contributed by atoms with Crippen LogP contribution >= 0.6 is 11.3 Å². The molecule has 2 aromatic heterocycles. The highest BCUT2D eigenvalue weighted by atomic mass is 32.2. The van der Waals surface area contributed by atoms with Crippen molar-refractivity contribution < 1.29 is 13.5 Å². The second kappa shape index (κ2) is 7.31. The molecule has 29 heavy (non-hydrogen) atoms. The molecule has 0 radical (unpaired) electrons. The lowest BCUT2D eigenvalue weighted by molar-refractivity contribution is 0.475. The van der Waals surface area contributed by atoms with E-state index in [2.05, 4.69) is 23.6 Å². The summed E-state index contributed by atoms with van der Waals surface area (Å²) in [5.74, 6) is 0.103. The van der Waals surface area contributed by atoms with Crippen LogP contribution in [0.3, 0.4) is 0 Å². The highest BCUT2D eigenvalue weighted by Gasteiger charge is 2.29. The van der Waals surface area contributed by atoms with Crippen molar-refractivity contribution >= 4 is 43.1 Å². The number of aryl methyl sites for hydroxylation is 1. The largest absolute Gasteiger partial charge is 0.505 e. The number of anilines is 1. The van der Waals surface area contributed by atoms with E-state index in [9.17, 15) is 18.3 Å².